The van der Waals surface area contributed by atoms with Gasteiger partial charge in [-0.05, 0) is 29.0 Å². The van der Waals surface area contributed by atoms with E-state index in [4.69, 9.17) is 0 Å². The Morgan fingerprint density at radius 2 is 2.00 bits per heavy atom. The molecule has 0 saturated heterocycles. The van der Waals surface area contributed by atoms with E-state index in [9.17, 15) is 13.2 Å². The summed E-state index contributed by atoms with van der Waals surface area (Å²) in [6.07, 6.45) is 1.84. The van der Waals surface area contributed by atoms with E-state index in [1.807, 2.05) is 6.92 Å². The van der Waals surface area contributed by atoms with Crippen LogP contribution in [-0.2, 0) is 23.1 Å². The van der Waals surface area contributed by atoms with Crippen molar-refractivity contribution >= 4 is 15.9 Å². The molecular formula is C13H15N5O3S. The molecule has 2 aromatic rings. The molecule has 0 bridgehead atoms. The van der Waals surface area contributed by atoms with Gasteiger partial charge in [0.15, 0.2) is 5.82 Å². The van der Waals surface area contributed by atoms with Gasteiger partial charge in [0, 0.05) is 6.54 Å². The largest absolute Gasteiger partial charge is 0.269 e. The van der Waals surface area contributed by atoms with Crippen molar-refractivity contribution in [3.8, 4) is 0 Å². The van der Waals surface area contributed by atoms with Crippen molar-refractivity contribution in [1.82, 2.24) is 24.5 Å². The maximum Gasteiger partial charge on any atom is 0.269 e. The van der Waals surface area contributed by atoms with Crippen LogP contribution >= 0.6 is 0 Å². The summed E-state index contributed by atoms with van der Waals surface area (Å²) in [6, 6.07) is 6.18. The zero-order chi connectivity index (χ0) is 15.7. The second-order valence-electron chi connectivity index (χ2n) is 4.98. The first-order chi connectivity index (χ1) is 10.6. The summed E-state index contributed by atoms with van der Waals surface area (Å²) in [5.74, 6) is -0.182. The van der Waals surface area contributed by atoms with Gasteiger partial charge in [-0.3, -0.25) is 4.79 Å². The Labute approximate surface area is 127 Å². The lowest BCUT2D eigenvalue weighted by Crippen LogP contribution is -2.31. The summed E-state index contributed by atoms with van der Waals surface area (Å²) in [5.41, 5.74) is 0.190. The minimum Gasteiger partial charge on any atom is -0.268 e. The van der Waals surface area contributed by atoms with Crippen LogP contribution in [0, 0.1) is 0 Å². The molecule has 0 saturated carbocycles. The second-order valence-corrected chi connectivity index (χ2v) is 6.82. The number of hydrogen-bond acceptors (Lipinski definition) is 6. The average molecular weight is 321 g/mol. The fourth-order valence-corrected chi connectivity index (χ4v) is 3.86. The van der Waals surface area contributed by atoms with Crippen molar-refractivity contribution < 1.29 is 13.2 Å². The fraction of sp³-hybridized carbons (Fsp3) is 0.385. The summed E-state index contributed by atoms with van der Waals surface area (Å²) in [5, 5.41) is 11.2. The van der Waals surface area contributed by atoms with Gasteiger partial charge in [0.2, 0.25) is 0 Å². The normalized spacial score (nSPS) is 16.0. The molecule has 3 rings (SSSR count). The number of carbonyl (C=O) groups is 1. The monoisotopic (exact) mass is 321 g/mol. The number of aromatic nitrogens is 4. The van der Waals surface area contributed by atoms with E-state index in [1.54, 1.807) is 12.1 Å². The third-order valence-electron chi connectivity index (χ3n) is 3.53. The zero-order valence-corrected chi connectivity index (χ0v) is 12.8. The number of nitrogens with zero attached hydrogens (tertiary/aromatic N) is 5. The summed E-state index contributed by atoms with van der Waals surface area (Å²) in [7, 11) is -3.83. The Hall–Kier alpha value is -2.29. The number of amides is 1. The predicted molar refractivity (Wildman–Crippen MR) is 76.2 cm³/mol. The Bertz CT molecular complexity index is 815. The summed E-state index contributed by atoms with van der Waals surface area (Å²) >= 11 is 0. The van der Waals surface area contributed by atoms with Gasteiger partial charge in [0.05, 0.1) is 12.1 Å². The Balaban J connectivity index is 1.92. The van der Waals surface area contributed by atoms with Crippen LogP contribution < -0.4 is 0 Å². The first kappa shape index (κ1) is 14.6. The van der Waals surface area contributed by atoms with Gasteiger partial charge in [0.25, 0.3) is 15.9 Å². The van der Waals surface area contributed by atoms with Crippen LogP contribution in [0.5, 0.6) is 0 Å². The highest BCUT2D eigenvalue weighted by Gasteiger charge is 2.41. The highest BCUT2D eigenvalue weighted by molar-refractivity contribution is 7.90. The average Bonchev–Trinajstić information content (AvgIpc) is 3.03. The number of rotatable bonds is 5. The molecule has 2 heterocycles. The lowest BCUT2D eigenvalue weighted by molar-refractivity contribution is 0.0861. The van der Waals surface area contributed by atoms with E-state index in [0.29, 0.717) is 12.4 Å². The first-order valence-corrected chi connectivity index (χ1v) is 8.41. The van der Waals surface area contributed by atoms with E-state index >= 15 is 0 Å². The molecule has 1 aromatic heterocycles. The molecule has 1 amide bonds. The van der Waals surface area contributed by atoms with Gasteiger partial charge in [0.1, 0.15) is 4.90 Å². The molecule has 1 aliphatic heterocycles. The minimum absolute atomic E-state index is 0.0348. The zero-order valence-electron chi connectivity index (χ0n) is 12.0. The van der Waals surface area contributed by atoms with Gasteiger partial charge in [-0.1, -0.05) is 25.5 Å². The van der Waals surface area contributed by atoms with E-state index in [-0.39, 0.29) is 17.0 Å². The SMILES string of the molecule is CCCCn1nnnc1CN1C(=O)c2ccccc2S1(=O)=O. The van der Waals surface area contributed by atoms with Gasteiger partial charge >= 0.3 is 0 Å². The van der Waals surface area contributed by atoms with Gasteiger partial charge in [-0.25, -0.2) is 17.4 Å². The number of fused-ring (bicyclic) bond motifs is 1. The maximum atomic E-state index is 12.5. The van der Waals surface area contributed by atoms with Crippen molar-refractivity contribution in [2.24, 2.45) is 0 Å². The van der Waals surface area contributed by atoms with Crippen LogP contribution in [0.4, 0.5) is 0 Å². The molecular weight excluding hydrogens is 306 g/mol. The van der Waals surface area contributed by atoms with E-state index in [1.165, 1.54) is 16.8 Å². The van der Waals surface area contributed by atoms with Gasteiger partial charge in [-0.2, -0.15) is 0 Å². The molecule has 0 unspecified atom stereocenters. The van der Waals surface area contributed by atoms with Crippen molar-refractivity contribution in [2.75, 3.05) is 0 Å². The second kappa shape index (κ2) is 5.48. The predicted octanol–water partition coefficient (Wildman–Crippen LogP) is 0.818. The summed E-state index contributed by atoms with van der Waals surface area (Å²) in [6.45, 7) is 2.47. The van der Waals surface area contributed by atoms with Crippen LogP contribution in [-0.4, -0.2) is 38.8 Å². The summed E-state index contributed by atoms with van der Waals surface area (Å²) in [4.78, 5) is 12.4. The maximum absolute atomic E-state index is 12.5. The third kappa shape index (κ3) is 2.27. The quantitative estimate of drug-likeness (QED) is 0.808. The lowest BCUT2D eigenvalue weighted by Gasteiger charge is -2.14. The van der Waals surface area contributed by atoms with E-state index in [2.05, 4.69) is 15.5 Å². The van der Waals surface area contributed by atoms with Crippen molar-refractivity contribution in [3.63, 3.8) is 0 Å². The minimum atomic E-state index is -3.83. The molecule has 1 aromatic carbocycles. The molecule has 22 heavy (non-hydrogen) atoms. The molecule has 0 radical (unpaired) electrons. The fourth-order valence-electron chi connectivity index (χ4n) is 2.33. The number of hydrogen-bond donors (Lipinski definition) is 0. The molecule has 116 valence electrons. The third-order valence-corrected chi connectivity index (χ3v) is 5.31. The molecule has 0 fully saturated rings. The molecule has 0 spiro atoms. The number of aryl methyl sites for hydroxylation is 1. The Morgan fingerprint density at radius 1 is 1.23 bits per heavy atom. The van der Waals surface area contributed by atoms with Crippen LogP contribution in [0.2, 0.25) is 0 Å². The number of benzene rings is 1. The van der Waals surface area contributed by atoms with Gasteiger partial charge in [-0.15, -0.1) is 5.10 Å². The molecule has 9 heteroatoms. The van der Waals surface area contributed by atoms with Crippen molar-refractivity contribution in [3.05, 3.63) is 35.7 Å². The number of unbranched alkanes of at least 4 members (excludes halogenated alkanes) is 1. The number of carbonyl (C=O) groups excluding carboxylic acids is 1. The van der Waals surface area contributed by atoms with Crippen LogP contribution in [0.3, 0.4) is 0 Å². The van der Waals surface area contributed by atoms with Crippen molar-refractivity contribution in [1.29, 1.82) is 0 Å². The molecule has 0 atom stereocenters. The lowest BCUT2D eigenvalue weighted by atomic mass is 10.2. The highest BCUT2D eigenvalue weighted by atomic mass is 32.2. The number of tetrazole rings is 1. The molecule has 1 aliphatic rings. The first-order valence-electron chi connectivity index (χ1n) is 6.97. The van der Waals surface area contributed by atoms with Crippen LogP contribution in [0.15, 0.2) is 29.2 Å². The van der Waals surface area contributed by atoms with E-state index < -0.39 is 15.9 Å². The van der Waals surface area contributed by atoms with Crippen LogP contribution in [0.1, 0.15) is 35.9 Å². The molecule has 0 aliphatic carbocycles. The van der Waals surface area contributed by atoms with E-state index in [0.717, 1.165) is 17.1 Å². The topological polar surface area (TPSA) is 98.1 Å². The Morgan fingerprint density at radius 3 is 2.73 bits per heavy atom. The summed E-state index contributed by atoms with van der Waals surface area (Å²) < 4.78 is 27.3. The molecule has 8 nitrogen and oxygen atoms in total. The smallest absolute Gasteiger partial charge is 0.268 e. The number of sulfonamides is 1. The molecule has 0 N–H and O–H groups in total. The highest BCUT2D eigenvalue weighted by Crippen LogP contribution is 2.30. The Kier molecular flexibility index (Phi) is 3.65. The van der Waals surface area contributed by atoms with Gasteiger partial charge < -0.3 is 0 Å². The van der Waals surface area contributed by atoms with Crippen molar-refractivity contribution in [2.45, 2.75) is 37.8 Å². The standard InChI is InChI=1S/C13H15N5O3S/c1-2-3-8-17-12(14-15-16-17)9-18-13(19)10-6-4-5-7-11(10)22(18,20)21/h4-7H,2-3,8-9H2,1H3. The van der Waals surface area contributed by atoms with Crippen LogP contribution in [0.25, 0.3) is 0 Å².